The average molecular weight is 361 g/mol. The molecule has 1 aliphatic rings. The highest BCUT2D eigenvalue weighted by molar-refractivity contribution is 5.94. The van der Waals surface area contributed by atoms with Gasteiger partial charge in [0.1, 0.15) is 0 Å². The quantitative estimate of drug-likeness (QED) is 0.752. The van der Waals surface area contributed by atoms with Crippen LogP contribution in [-0.2, 0) is 19.6 Å². The molecule has 0 unspecified atom stereocenters. The third-order valence-corrected chi connectivity index (χ3v) is 4.50. The van der Waals surface area contributed by atoms with Gasteiger partial charge in [-0.1, -0.05) is 30.3 Å². The Morgan fingerprint density at radius 2 is 1.85 bits per heavy atom. The number of carbonyl (C=O) groups is 2. The molecule has 2 amide bonds. The van der Waals surface area contributed by atoms with Crippen LogP contribution in [0.4, 0.5) is 0 Å². The number of nitrogens with zero attached hydrogens (tertiary/aromatic N) is 4. The number of amides is 2. The Morgan fingerprint density at radius 3 is 2.63 bits per heavy atom. The number of aromatic nitrogens is 3. The molecule has 0 radical (unpaired) electrons. The van der Waals surface area contributed by atoms with E-state index < -0.39 is 0 Å². The molecular weight excluding hydrogens is 342 g/mol. The van der Waals surface area contributed by atoms with E-state index in [2.05, 4.69) is 15.3 Å². The molecule has 0 atom stereocenters. The summed E-state index contributed by atoms with van der Waals surface area (Å²) in [4.78, 5) is 35.0. The zero-order chi connectivity index (χ0) is 18.6. The first kappa shape index (κ1) is 17.0. The third-order valence-electron chi connectivity index (χ3n) is 4.50. The number of pyridine rings is 1. The fourth-order valence-corrected chi connectivity index (χ4v) is 3.10. The van der Waals surface area contributed by atoms with Crippen LogP contribution in [0.3, 0.4) is 0 Å². The normalized spacial score (nSPS) is 13.3. The van der Waals surface area contributed by atoms with Crippen LogP contribution in [0.1, 0.15) is 32.2 Å². The van der Waals surface area contributed by atoms with Crippen LogP contribution >= 0.6 is 0 Å². The second kappa shape index (κ2) is 7.41. The van der Waals surface area contributed by atoms with Gasteiger partial charge in [-0.2, -0.15) is 0 Å². The van der Waals surface area contributed by atoms with E-state index in [4.69, 9.17) is 0 Å². The van der Waals surface area contributed by atoms with Crippen LogP contribution in [0, 0.1) is 0 Å². The average Bonchev–Trinajstić information content (AvgIpc) is 3.14. The molecular formula is C20H19N5O2. The van der Waals surface area contributed by atoms with Gasteiger partial charge in [-0.05, 0) is 17.7 Å². The van der Waals surface area contributed by atoms with Crippen molar-refractivity contribution in [3.63, 3.8) is 0 Å². The summed E-state index contributed by atoms with van der Waals surface area (Å²) in [6, 6.07) is 13.2. The van der Waals surface area contributed by atoms with E-state index in [0.717, 1.165) is 5.56 Å². The maximum atomic E-state index is 12.7. The Hall–Kier alpha value is -3.48. The van der Waals surface area contributed by atoms with E-state index >= 15 is 0 Å². The first-order valence-corrected chi connectivity index (χ1v) is 8.78. The molecule has 7 heteroatoms. The van der Waals surface area contributed by atoms with Gasteiger partial charge >= 0.3 is 0 Å². The van der Waals surface area contributed by atoms with Crippen molar-refractivity contribution < 1.29 is 9.59 Å². The molecule has 0 fully saturated rings. The van der Waals surface area contributed by atoms with Crippen LogP contribution in [0.15, 0.2) is 61.1 Å². The summed E-state index contributed by atoms with van der Waals surface area (Å²) in [5.41, 5.74) is 2.30. The van der Waals surface area contributed by atoms with Gasteiger partial charge in [0.2, 0.25) is 0 Å². The molecule has 0 aliphatic carbocycles. The van der Waals surface area contributed by atoms with E-state index in [0.29, 0.717) is 36.7 Å². The van der Waals surface area contributed by atoms with Gasteiger partial charge in [-0.15, -0.1) is 0 Å². The largest absolute Gasteiger partial charge is 0.346 e. The minimum absolute atomic E-state index is 0.0863. The zero-order valence-electron chi connectivity index (χ0n) is 14.7. The molecule has 7 nitrogen and oxygen atoms in total. The lowest BCUT2D eigenvalue weighted by Crippen LogP contribution is -2.39. The van der Waals surface area contributed by atoms with Gasteiger partial charge in [0.25, 0.3) is 11.8 Å². The van der Waals surface area contributed by atoms with E-state index in [1.807, 2.05) is 41.1 Å². The van der Waals surface area contributed by atoms with Crippen LogP contribution < -0.4 is 5.32 Å². The maximum Gasteiger partial charge on any atom is 0.290 e. The first-order chi connectivity index (χ1) is 13.2. The molecule has 0 saturated carbocycles. The van der Waals surface area contributed by atoms with Gasteiger partial charge in [0.15, 0.2) is 5.82 Å². The fraction of sp³-hybridized carbons (Fsp3) is 0.200. The molecule has 1 aliphatic heterocycles. The van der Waals surface area contributed by atoms with Gasteiger partial charge in [0, 0.05) is 43.8 Å². The molecule has 3 heterocycles. The highest BCUT2D eigenvalue weighted by atomic mass is 16.2. The van der Waals surface area contributed by atoms with Gasteiger partial charge in [-0.3, -0.25) is 14.6 Å². The van der Waals surface area contributed by atoms with Crippen molar-refractivity contribution in [2.24, 2.45) is 0 Å². The molecule has 1 aromatic carbocycles. The summed E-state index contributed by atoms with van der Waals surface area (Å²) in [7, 11) is 0. The summed E-state index contributed by atoms with van der Waals surface area (Å²) >= 11 is 0. The number of imidazole rings is 1. The topological polar surface area (TPSA) is 80.1 Å². The molecule has 0 bridgehead atoms. The van der Waals surface area contributed by atoms with E-state index in [1.54, 1.807) is 29.4 Å². The number of hydrogen-bond acceptors (Lipinski definition) is 4. The fourth-order valence-electron chi connectivity index (χ4n) is 3.10. The maximum absolute atomic E-state index is 12.7. The third kappa shape index (κ3) is 3.72. The predicted molar refractivity (Wildman–Crippen MR) is 98.8 cm³/mol. The Bertz CT molecular complexity index is 953. The Morgan fingerprint density at radius 1 is 1.07 bits per heavy atom. The highest BCUT2D eigenvalue weighted by Crippen LogP contribution is 2.16. The van der Waals surface area contributed by atoms with Crippen molar-refractivity contribution in [1.29, 1.82) is 0 Å². The number of nitrogens with one attached hydrogen (secondary N) is 1. The van der Waals surface area contributed by atoms with Crippen molar-refractivity contribution in [1.82, 2.24) is 24.8 Å². The Balaban J connectivity index is 1.42. The summed E-state index contributed by atoms with van der Waals surface area (Å²) in [5.74, 6) is 0.141. The van der Waals surface area contributed by atoms with E-state index in [1.165, 1.54) is 0 Å². The summed E-state index contributed by atoms with van der Waals surface area (Å²) in [6.45, 7) is 2.17. The molecule has 27 heavy (non-hydrogen) atoms. The highest BCUT2D eigenvalue weighted by Gasteiger charge is 2.26. The number of carbonyl (C=O) groups excluding carboxylic acids is 2. The SMILES string of the molecule is O=C(NCc1cn2c(n1)C(=O)N(Cc1ccccc1)CC2)c1ccncc1. The van der Waals surface area contributed by atoms with E-state index in [9.17, 15) is 9.59 Å². The van der Waals surface area contributed by atoms with Crippen LogP contribution in [0.25, 0.3) is 0 Å². The Labute approximate surface area is 156 Å². The summed E-state index contributed by atoms with van der Waals surface area (Å²) in [6.07, 6.45) is 4.98. The summed E-state index contributed by atoms with van der Waals surface area (Å²) in [5, 5.41) is 2.82. The molecule has 1 N–H and O–H groups in total. The number of benzene rings is 1. The first-order valence-electron chi connectivity index (χ1n) is 8.78. The summed E-state index contributed by atoms with van der Waals surface area (Å²) < 4.78 is 1.86. The van der Waals surface area contributed by atoms with E-state index in [-0.39, 0.29) is 18.4 Å². The predicted octanol–water partition coefficient (Wildman–Crippen LogP) is 1.86. The smallest absolute Gasteiger partial charge is 0.290 e. The van der Waals surface area contributed by atoms with Gasteiger partial charge < -0.3 is 14.8 Å². The zero-order valence-corrected chi connectivity index (χ0v) is 14.7. The number of fused-ring (bicyclic) bond motifs is 1. The second-order valence-electron chi connectivity index (χ2n) is 6.38. The standard InChI is InChI=1S/C20H19N5O2/c26-19(16-6-8-21-9-7-16)22-12-17-14-24-10-11-25(20(27)18(24)23-17)13-15-4-2-1-3-5-15/h1-9,14H,10-13H2,(H,22,26). The van der Waals surface area contributed by atoms with Crippen molar-refractivity contribution in [2.75, 3.05) is 6.54 Å². The van der Waals surface area contributed by atoms with Crippen molar-refractivity contribution in [3.8, 4) is 0 Å². The van der Waals surface area contributed by atoms with Crippen molar-refractivity contribution >= 4 is 11.8 Å². The van der Waals surface area contributed by atoms with Crippen LogP contribution in [0.5, 0.6) is 0 Å². The minimum atomic E-state index is -0.194. The second-order valence-corrected chi connectivity index (χ2v) is 6.38. The number of rotatable bonds is 5. The van der Waals surface area contributed by atoms with Crippen LogP contribution in [-0.4, -0.2) is 37.8 Å². The molecule has 0 spiro atoms. The molecule has 136 valence electrons. The van der Waals surface area contributed by atoms with Gasteiger partial charge in [-0.25, -0.2) is 4.98 Å². The molecule has 2 aromatic heterocycles. The van der Waals surface area contributed by atoms with Crippen molar-refractivity contribution in [3.05, 3.63) is 83.7 Å². The molecule has 3 aromatic rings. The van der Waals surface area contributed by atoms with Crippen molar-refractivity contribution in [2.45, 2.75) is 19.6 Å². The van der Waals surface area contributed by atoms with Crippen LogP contribution in [0.2, 0.25) is 0 Å². The Kier molecular flexibility index (Phi) is 4.65. The van der Waals surface area contributed by atoms with Gasteiger partial charge in [0.05, 0.1) is 12.2 Å². The molecule has 4 rings (SSSR count). The monoisotopic (exact) mass is 361 g/mol. The number of hydrogen-bond donors (Lipinski definition) is 1. The lowest BCUT2D eigenvalue weighted by atomic mass is 10.2. The lowest BCUT2D eigenvalue weighted by molar-refractivity contribution is 0.0683. The lowest BCUT2D eigenvalue weighted by Gasteiger charge is -2.27. The molecule has 0 saturated heterocycles. The minimum Gasteiger partial charge on any atom is -0.346 e.